The number of hydrogen-bond acceptors (Lipinski definition) is 0. The van der Waals surface area contributed by atoms with Crippen LogP contribution in [0.15, 0.2) is 36.9 Å². The summed E-state index contributed by atoms with van der Waals surface area (Å²) in [5.41, 5.74) is 1.17. The van der Waals surface area contributed by atoms with Crippen molar-refractivity contribution in [2.75, 3.05) is 0 Å². The predicted molar refractivity (Wildman–Crippen MR) is 65.9 cm³/mol. The maximum atomic E-state index is 3.63. The Bertz CT molecular complexity index is 214. The fourth-order valence-corrected chi connectivity index (χ4v) is 0.589. The summed E-state index contributed by atoms with van der Waals surface area (Å²) in [6.45, 7) is 10.6. The van der Waals surface area contributed by atoms with Gasteiger partial charge >= 0.3 is 0 Å². The molecule has 0 saturated carbocycles. The van der Waals surface area contributed by atoms with Crippen LogP contribution in [0.2, 0.25) is 19.1 Å². The van der Waals surface area contributed by atoms with Crippen molar-refractivity contribution in [3.8, 4) is 0 Å². The monoisotopic (exact) mass is 192 g/mol. The van der Waals surface area contributed by atoms with Crippen molar-refractivity contribution >= 4 is 14.9 Å². The SMILES string of the molecule is C=Cc1ccccc1.CC[SiH](C)C. The van der Waals surface area contributed by atoms with Gasteiger partial charge in [0.2, 0.25) is 0 Å². The maximum Gasteiger partial charge on any atom is 0.0302 e. The molecule has 0 radical (unpaired) electrons. The Morgan fingerprint density at radius 1 is 1.23 bits per heavy atom. The van der Waals surface area contributed by atoms with E-state index in [-0.39, 0.29) is 8.80 Å². The Labute approximate surface area is 83.9 Å². The van der Waals surface area contributed by atoms with E-state index >= 15 is 0 Å². The van der Waals surface area contributed by atoms with Gasteiger partial charge in [0.25, 0.3) is 0 Å². The van der Waals surface area contributed by atoms with Gasteiger partial charge in [-0.2, -0.15) is 0 Å². The summed E-state index contributed by atoms with van der Waals surface area (Å²) in [5.74, 6) is 0. The molecule has 1 rings (SSSR count). The highest BCUT2D eigenvalue weighted by molar-refractivity contribution is 6.55. The lowest BCUT2D eigenvalue weighted by Crippen LogP contribution is -1.92. The van der Waals surface area contributed by atoms with Crippen molar-refractivity contribution in [2.45, 2.75) is 26.1 Å². The highest BCUT2D eigenvalue weighted by Gasteiger charge is 1.82. The summed E-state index contributed by atoms with van der Waals surface area (Å²) >= 11 is 0. The Balaban J connectivity index is 0.000000252. The molecule has 1 aromatic rings. The van der Waals surface area contributed by atoms with Crippen molar-refractivity contribution < 1.29 is 0 Å². The molecule has 0 N–H and O–H groups in total. The molecule has 0 bridgehead atoms. The molecule has 0 fully saturated rings. The van der Waals surface area contributed by atoms with Crippen LogP contribution in [0.1, 0.15) is 12.5 Å². The van der Waals surface area contributed by atoms with Crippen molar-refractivity contribution in [3.63, 3.8) is 0 Å². The molecule has 0 aliphatic rings. The van der Waals surface area contributed by atoms with Crippen molar-refractivity contribution in [1.82, 2.24) is 0 Å². The van der Waals surface area contributed by atoms with Crippen LogP contribution < -0.4 is 0 Å². The van der Waals surface area contributed by atoms with Gasteiger partial charge in [-0.1, -0.05) is 69.0 Å². The van der Waals surface area contributed by atoms with Crippen LogP contribution in [-0.4, -0.2) is 8.80 Å². The lowest BCUT2D eigenvalue weighted by atomic mass is 10.2. The molecule has 0 atom stereocenters. The van der Waals surface area contributed by atoms with Gasteiger partial charge in [0.1, 0.15) is 0 Å². The second kappa shape index (κ2) is 7.81. The van der Waals surface area contributed by atoms with Gasteiger partial charge in [0.15, 0.2) is 0 Å². The average Bonchev–Trinajstić information content (AvgIpc) is 2.20. The summed E-state index contributed by atoms with van der Waals surface area (Å²) in [5, 5.41) is 0. The third kappa shape index (κ3) is 7.53. The molecule has 0 saturated heterocycles. The lowest BCUT2D eigenvalue weighted by molar-refractivity contribution is 1.41. The van der Waals surface area contributed by atoms with E-state index < -0.39 is 0 Å². The third-order valence-electron chi connectivity index (χ3n) is 1.85. The molecule has 0 amide bonds. The van der Waals surface area contributed by atoms with Crippen molar-refractivity contribution in [3.05, 3.63) is 42.5 Å². The molecule has 1 heteroatoms. The average molecular weight is 192 g/mol. The van der Waals surface area contributed by atoms with Crippen LogP contribution in [-0.2, 0) is 0 Å². The molecule has 1 aromatic carbocycles. The summed E-state index contributed by atoms with van der Waals surface area (Å²) in [6.07, 6.45) is 1.83. The van der Waals surface area contributed by atoms with E-state index in [1.54, 1.807) is 0 Å². The van der Waals surface area contributed by atoms with Crippen LogP contribution in [0.5, 0.6) is 0 Å². The zero-order chi connectivity index (χ0) is 10.1. The van der Waals surface area contributed by atoms with E-state index in [0.29, 0.717) is 0 Å². The van der Waals surface area contributed by atoms with Crippen molar-refractivity contribution in [1.29, 1.82) is 0 Å². The van der Waals surface area contributed by atoms with E-state index in [0.717, 1.165) is 0 Å². The van der Waals surface area contributed by atoms with Crippen LogP contribution in [0, 0.1) is 0 Å². The largest absolute Gasteiger partial charge is 0.0985 e. The smallest absolute Gasteiger partial charge is 0.0302 e. The molecular formula is C12H20Si. The van der Waals surface area contributed by atoms with Gasteiger partial charge in [-0.3, -0.25) is 0 Å². The molecular weight excluding hydrogens is 172 g/mol. The molecule has 0 nitrogen and oxygen atoms in total. The molecule has 0 heterocycles. The van der Waals surface area contributed by atoms with Gasteiger partial charge in [0.05, 0.1) is 0 Å². The van der Waals surface area contributed by atoms with E-state index in [1.165, 1.54) is 11.6 Å². The van der Waals surface area contributed by atoms with Gasteiger partial charge in [-0.15, -0.1) is 0 Å². The number of rotatable bonds is 2. The van der Waals surface area contributed by atoms with E-state index in [1.807, 2.05) is 36.4 Å². The van der Waals surface area contributed by atoms with Crippen LogP contribution in [0.25, 0.3) is 6.08 Å². The molecule has 0 aliphatic heterocycles. The molecule has 13 heavy (non-hydrogen) atoms. The van der Waals surface area contributed by atoms with Crippen molar-refractivity contribution in [2.24, 2.45) is 0 Å². The van der Waals surface area contributed by atoms with E-state index in [4.69, 9.17) is 0 Å². The minimum Gasteiger partial charge on any atom is -0.0985 e. The summed E-state index contributed by atoms with van der Waals surface area (Å²) in [6, 6.07) is 11.5. The molecule has 72 valence electrons. The van der Waals surface area contributed by atoms with Crippen LogP contribution >= 0.6 is 0 Å². The summed E-state index contributed by atoms with van der Waals surface area (Å²) in [7, 11) is -0.150. The minimum atomic E-state index is -0.150. The Hall–Kier alpha value is -0.823. The van der Waals surface area contributed by atoms with E-state index in [2.05, 4.69) is 26.6 Å². The van der Waals surface area contributed by atoms with Crippen LogP contribution in [0.3, 0.4) is 0 Å². The predicted octanol–water partition coefficient (Wildman–Crippen LogP) is 3.82. The first-order chi connectivity index (χ1) is 6.20. The fraction of sp³-hybridized carbons (Fsp3) is 0.333. The topological polar surface area (TPSA) is 0 Å². The zero-order valence-electron chi connectivity index (χ0n) is 8.96. The van der Waals surface area contributed by atoms with Crippen LogP contribution in [0.4, 0.5) is 0 Å². The minimum absolute atomic E-state index is 0.150. The first-order valence-corrected chi connectivity index (χ1v) is 8.00. The highest BCUT2D eigenvalue weighted by Crippen LogP contribution is 1.97. The normalized spacial score (nSPS) is 8.92. The second-order valence-electron chi connectivity index (χ2n) is 3.42. The quantitative estimate of drug-likeness (QED) is 0.625. The zero-order valence-corrected chi connectivity index (χ0v) is 10.1. The van der Waals surface area contributed by atoms with Gasteiger partial charge in [0, 0.05) is 8.80 Å². The third-order valence-corrected chi connectivity index (χ3v) is 3.48. The highest BCUT2D eigenvalue weighted by atomic mass is 28.3. The number of hydrogen-bond donors (Lipinski definition) is 0. The van der Waals surface area contributed by atoms with E-state index in [9.17, 15) is 0 Å². The maximum absolute atomic E-state index is 3.63. The summed E-state index contributed by atoms with van der Waals surface area (Å²) < 4.78 is 0. The molecule has 0 aromatic heterocycles. The first kappa shape index (κ1) is 12.2. The Morgan fingerprint density at radius 3 is 1.92 bits per heavy atom. The summed E-state index contributed by atoms with van der Waals surface area (Å²) in [4.78, 5) is 0. The Morgan fingerprint density at radius 2 is 1.69 bits per heavy atom. The van der Waals surface area contributed by atoms with Gasteiger partial charge in [-0.25, -0.2) is 0 Å². The molecule has 0 unspecified atom stereocenters. The molecule has 0 aliphatic carbocycles. The van der Waals surface area contributed by atoms with Gasteiger partial charge < -0.3 is 0 Å². The Kier molecular flexibility index (Phi) is 7.31. The standard InChI is InChI=1S/C8H8.C4H12Si/c1-2-8-6-4-3-5-7-8;1-4-5(2)3/h2-7H,1H2;5H,4H2,1-3H3. The number of benzene rings is 1. The molecule has 0 spiro atoms. The lowest BCUT2D eigenvalue weighted by Gasteiger charge is -1.87. The first-order valence-electron chi connectivity index (χ1n) is 4.88. The second-order valence-corrected chi connectivity index (χ2v) is 7.02. The fourth-order valence-electron chi connectivity index (χ4n) is 0.589. The van der Waals surface area contributed by atoms with Gasteiger partial charge in [-0.05, 0) is 5.56 Å².